The number of aromatic nitrogens is 2. The van der Waals surface area contributed by atoms with Crippen molar-refractivity contribution in [2.24, 2.45) is 0 Å². The molecule has 0 radical (unpaired) electrons. The van der Waals surface area contributed by atoms with Gasteiger partial charge in [-0.05, 0) is 43.9 Å². The molecule has 1 aromatic heterocycles. The highest BCUT2D eigenvalue weighted by Crippen LogP contribution is 2.17. The fourth-order valence-corrected chi connectivity index (χ4v) is 3.54. The summed E-state index contributed by atoms with van der Waals surface area (Å²) in [5.74, 6) is 0.130. The van der Waals surface area contributed by atoms with Crippen LogP contribution in [0.2, 0.25) is 0 Å². The number of nitrogens with zero attached hydrogens (tertiary/aromatic N) is 2. The quantitative estimate of drug-likeness (QED) is 0.227. The van der Waals surface area contributed by atoms with Crippen LogP contribution in [0, 0.1) is 0 Å². The first-order valence-corrected chi connectivity index (χ1v) is 12.2. The minimum atomic E-state index is -0.721. The first kappa shape index (κ1) is 25.7. The summed E-state index contributed by atoms with van der Waals surface area (Å²) >= 11 is 0. The van der Waals surface area contributed by atoms with Crippen molar-refractivity contribution in [3.8, 4) is 11.4 Å². The summed E-state index contributed by atoms with van der Waals surface area (Å²) in [6.07, 6.45) is 14.9. The van der Waals surface area contributed by atoms with Crippen LogP contribution in [0.4, 0.5) is 0 Å². The van der Waals surface area contributed by atoms with Crippen molar-refractivity contribution in [3.05, 3.63) is 47.8 Å². The Bertz CT molecular complexity index is 816. The van der Waals surface area contributed by atoms with E-state index in [0.717, 1.165) is 43.2 Å². The van der Waals surface area contributed by atoms with Gasteiger partial charge in [0.1, 0.15) is 0 Å². The van der Waals surface area contributed by atoms with E-state index in [2.05, 4.69) is 23.8 Å². The van der Waals surface area contributed by atoms with E-state index in [1.807, 2.05) is 24.5 Å². The van der Waals surface area contributed by atoms with Crippen molar-refractivity contribution in [1.29, 1.82) is 0 Å². The number of ether oxygens (including phenoxy) is 1. The van der Waals surface area contributed by atoms with Crippen LogP contribution in [-0.4, -0.2) is 27.8 Å². The predicted octanol–water partition coefficient (Wildman–Crippen LogP) is 6.74. The van der Waals surface area contributed by atoms with Gasteiger partial charge in [-0.3, -0.25) is 4.79 Å². The van der Waals surface area contributed by atoms with Crippen LogP contribution in [0.15, 0.2) is 36.7 Å². The molecular weight excluding hydrogens is 400 g/mol. The molecule has 2 aromatic rings. The van der Waals surface area contributed by atoms with Crippen molar-refractivity contribution in [3.63, 3.8) is 0 Å². The summed E-state index contributed by atoms with van der Waals surface area (Å²) in [5, 5.41) is 0. The normalized spacial score (nSPS) is 11.8. The first-order chi connectivity index (χ1) is 15.5. The van der Waals surface area contributed by atoms with Gasteiger partial charge in [0.2, 0.25) is 0 Å². The number of carbonyl (C=O) groups is 2. The number of rotatable bonds is 15. The number of aryl methyl sites for hydroxylation is 1. The zero-order valence-electron chi connectivity index (χ0n) is 19.9. The number of carbonyl (C=O) groups excluding carboxylic acids is 2. The number of hydrogen-bond donors (Lipinski definition) is 0. The van der Waals surface area contributed by atoms with Gasteiger partial charge in [-0.15, -0.1) is 0 Å². The first-order valence-electron chi connectivity index (χ1n) is 12.2. The highest BCUT2D eigenvalue weighted by Gasteiger charge is 2.18. The van der Waals surface area contributed by atoms with Crippen molar-refractivity contribution in [2.45, 2.75) is 97.5 Å². The van der Waals surface area contributed by atoms with Crippen molar-refractivity contribution >= 4 is 11.8 Å². The average molecular weight is 439 g/mol. The van der Waals surface area contributed by atoms with Crippen molar-refractivity contribution in [2.75, 3.05) is 0 Å². The molecule has 0 saturated heterocycles. The van der Waals surface area contributed by atoms with Gasteiger partial charge in [0.25, 0.3) is 0 Å². The summed E-state index contributed by atoms with van der Waals surface area (Å²) in [6.45, 7) is 6.00. The Labute approximate surface area is 193 Å². The van der Waals surface area contributed by atoms with Gasteiger partial charge < -0.3 is 4.74 Å². The average Bonchev–Trinajstić information content (AvgIpc) is 2.82. The molecular formula is C27H38N2O3. The maximum atomic E-state index is 12.4. The Balaban J connectivity index is 1.84. The van der Waals surface area contributed by atoms with Gasteiger partial charge in [-0.2, -0.15) is 0 Å². The molecule has 0 fully saturated rings. The Morgan fingerprint density at radius 1 is 0.844 bits per heavy atom. The second kappa shape index (κ2) is 14.5. The zero-order chi connectivity index (χ0) is 23.2. The highest BCUT2D eigenvalue weighted by molar-refractivity contribution is 5.93. The molecule has 0 aliphatic carbocycles. The predicted molar refractivity (Wildman–Crippen MR) is 129 cm³/mol. The van der Waals surface area contributed by atoms with E-state index in [9.17, 15) is 9.59 Å². The summed E-state index contributed by atoms with van der Waals surface area (Å²) in [4.78, 5) is 33.5. The lowest BCUT2D eigenvalue weighted by Crippen LogP contribution is -2.24. The standard InChI is InChI=1S/C27H38N2O3/c1-4-6-8-10-11-13-22-19-28-26(29-20-22)23-15-17-24(18-16-23)27(31)32-21(3)25(30)14-12-9-7-5-2/h15-21H,4-14H2,1-3H3. The molecule has 5 nitrogen and oxygen atoms in total. The largest absolute Gasteiger partial charge is 0.451 e. The van der Waals surface area contributed by atoms with Gasteiger partial charge in [-0.25, -0.2) is 14.8 Å². The number of hydrogen-bond acceptors (Lipinski definition) is 5. The number of ketones is 1. The lowest BCUT2D eigenvalue weighted by atomic mass is 10.1. The van der Waals surface area contributed by atoms with Gasteiger partial charge in [0.05, 0.1) is 5.56 Å². The van der Waals surface area contributed by atoms with E-state index in [0.29, 0.717) is 17.8 Å². The minimum Gasteiger partial charge on any atom is -0.451 e. The van der Waals surface area contributed by atoms with Gasteiger partial charge in [0.15, 0.2) is 17.7 Å². The molecule has 1 unspecified atom stereocenters. The molecule has 174 valence electrons. The molecule has 0 saturated carbocycles. The SMILES string of the molecule is CCCCCCCc1cnc(-c2ccc(C(=O)OC(C)C(=O)CCCCCC)cc2)nc1. The molecule has 0 aliphatic heterocycles. The van der Waals surface area contributed by atoms with Crippen LogP contribution in [-0.2, 0) is 16.0 Å². The molecule has 1 atom stereocenters. The van der Waals surface area contributed by atoms with Crippen molar-refractivity contribution < 1.29 is 14.3 Å². The van der Waals surface area contributed by atoms with Crippen LogP contribution < -0.4 is 0 Å². The maximum Gasteiger partial charge on any atom is 0.338 e. The zero-order valence-corrected chi connectivity index (χ0v) is 19.9. The Morgan fingerprint density at radius 3 is 2.06 bits per heavy atom. The van der Waals surface area contributed by atoms with E-state index in [1.165, 1.54) is 32.1 Å². The fraction of sp³-hybridized carbons (Fsp3) is 0.556. The third kappa shape index (κ3) is 8.89. The number of esters is 1. The smallest absolute Gasteiger partial charge is 0.338 e. The molecule has 0 aliphatic rings. The molecule has 2 rings (SSSR count). The summed E-state index contributed by atoms with van der Waals surface area (Å²) in [7, 11) is 0. The molecule has 0 bridgehead atoms. The number of unbranched alkanes of at least 4 members (excludes halogenated alkanes) is 7. The van der Waals surface area contributed by atoms with Gasteiger partial charge in [-0.1, -0.05) is 70.9 Å². The van der Waals surface area contributed by atoms with Gasteiger partial charge >= 0.3 is 5.97 Å². The Morgan fingerprint density at radius 2 is 1.44 bits per heavy atom. The van der Waals surface area contributed by atoms with Gasteiger partial charge in [0, 0.05) is 24.4 Å². The minimum absolute atomic E-state index is 0.0232. The van der Waals surface area contributed by atoms with Crippen LogP contribution >= 0.6 is 0 Å². The topological polar surface area (TPSA) is 69.2 Å². The summed E-state index contributed by atoms with van der Waals surface area (Å²) < 4.78 is 5.36. The van der Waals surface area contributed by atoms with E-state index >= 15 is 0 Å². The molecule has 32 heavy (non-hydrogen) atoms. The second-order valence-corrected chi connectivity index (χ2v) is 8.48. The molecule has 1 aromatic carbocycles. The third-order valence-corrected chi connectivity index (χ3v) is 5.67. The Kier molecular flexibility index (Phi) is 11.6. The van der Waals surface area contributed by atoms with E-state index in [4.69, 9.17) is 4.74 Å². The lowest BCUT2D eigenvalue weighted by Gasteiger charge is -2.12. The second-order valence-electron chi connectivity index (χ2n) is 8.48. The fourth-order valence-electron chi connectivity index (χ4n) is 3.54. The maximum absolute atomic E-state index is 12.4. The Hall–Kier alpha value is -2.56. The number of Topliss-reactive ketones (excluding diaryl/α,β-unsaturated/α-hetero) is 1. The highest BCUT2D eigenvalue weighted by atomic mass is 16.5. The van der Waals surface area contributed by atoms with Crippen LogP contribution in [0.1, 0.15) is 101 Å². The van der Waals surface area contributed by atoms with E-state index < -0.39 is 12.1 Å². The van der Waals surface area contributed by atoms with Crippen LogP contribution in [0.5, 0.6) is 0 Å². The molecule has 0 N–H and O–H groups in total. The van der Waals surface area contributed by atoms with E-state index in [1.54, 1.807) is 19.1 Å². The number of benzene rings is 1. The molecule has 5 heteroatoms. The monoisotopic (exact) mass is 438 g/mol. The molecule has 0 amide bonds. The van der Waals surface area contributed by atoms with E-state index in [-0.39, 0.29) is 5.78 Å². The summed E-state index contributed by atoms with van der Waals surface area (Å²) in [5.41, 5.74) is 2.41. The van der Waals surface area contributed by atoms with Crippen LogP contribution in [0.25, 0.3) is 11.4 Å². The molecule has 1 heterocycles. The van der Waals surface area contributed by atoms with Crippen LogP contribution in [0.3, 0.4) is 0 Å². The van der Waals surface area contributed by atoms with Crippen molar-refractivity contribution in [1.82, 2.24) is 9.97 Å². The third-order valence-electron chi connectivity index (χ3n) is 5.67. The molecule has 0 spiro atoms. The summed E-state index contributed by atoms with van der Waals surface area (Å²) in [6, 6.07) is 7.02. The lowest BCUT2D eigenvalue weighted by molar-refractivity contribution is -0.127.